The van der Waals surface area contributed by atoms with E-state index in [2.05, 4.69) is 0 Å². The van der Waals surface area contributed by atoms with Crippen LogP contribution in [0.15, 0.2) is 24.3 Å². The molecule has 1 N–H and O–H groups in total. The van der Waals surface area contributed by atoms with Crippen LogP contribution in [0.3, 0.4) is 0 Å². The Balaban J connectivity index is 3.02. The van der Waals surface area contributed by atoms with Crippen LogP contribution >= 0.6 is 0 Å². The summed E-state index contributed by atoms with van der Waals surface area (Å²) in [7, 11) is 1.54. The van der Waals surface area contributed by atoms with Gasteiger partial charge in [0.2, 0.25) is 5.91 Å². The number of aliphatic hydroxyl groups excluding tert-OH is 1. The van der Waals surface area contributed by atoms with E-state index in [1.54, 1.807) is 18.2 Å². The molecule has 0 aromatic heterocycles. The quantitative estimate of drug-likeness (QED) is 0.819. The largest absolute Gasteiger partial charge is 0.394 e. The number of benzene rings is 1. The molecule has 0 saturated carbocycles. The lowest BCUT2D eigenvalue weighted by Crippen LogP contribution is -2.31. The lowest BCUT2D eigenvalue weighted by atomic mass is 10.1. The van der Waals surface area contributed by atoms with Gasteiger partial charge in [-0.25, -0.2) is 4.39 Å². The molecule has 1 aromatic carbocycles. The third-order valence-electron chi connectivity index (χ3n) is 2.40. The number of carbonyl (C=O) groups is 1. The third-order valence-corrected chi connectivity index (χ3v) is 2.40. The van der Waals surface area contributed by atoms with Gasteiger partial charge in [-0.1, -0.05) is 18.2 Å². The van der Waals surface area contributed by atoms with Crippen LogP contribution in [0.2, 0.25) is 0 Å². The number of hydrogen-bond acceptors (Lipinski definition) is 2. The first kappa shape index (κ1) is 11.7. The van der Waals surface area contributed by atoms with E-state index in [1.807, 2.05) is 0 Å². The molecule has 0 aliphatic carbocycles. The smallest absolute Gasteiger partial charge is 0.219 e. The van der Waals surface area contributed by atoms with Crippen molar-refractivity contribution in [1.29, 1.82) is 0 Å². The lowest BCUT2D eigenvalue weighted by Gasteiger charge is -2.26. The molecule has 1 unspecified atom stereocenters. The van der Waals surface area contributed by atoms with Gasteiger partial charge >= 0.3 is 0 Å². The normalized spacial score (nSPS) is 12.3. The molecule has 0 bridgehead atoms. The summed E-state index contributed by atoms with van der Waals surface area (Å²) in [6.07, 6.45) is 0. The summed E-state index contributed by atoms with van der Waals surface area (Å²) < 4.78 is 13.4. The Labute approximate surface area is 88.1 Å². The van der Waals surface area contributed by atoms with Gasteiger partial charge in [0.25, 0.3) is 0 Å². The number of nitrogens with zero attached hydrogens (tertiary/aromatic N) is 1. The van der Waals surface area contributed by atoms with Crippen LogP contribution in [0.4, 0.5) is 4.39 Å². The van der Waals surface area contributed by atoms with Crippen LogP contribution in [0.5, 0.6) is 0 Å². The third kappa shape index (κ3) is 2.53. The number of rotatable bonds is 3. The van der Waals surface area contributed by atoms with E-state index in [4.69, 9.17) is 5.11 Å². The maximum Gasteiger partial charge on any atom is 0.219 e. The van der Waals surface area contributed by atoms with Gasteiger partial charge in [0.15, 0.2) is 0 Å². The van der Waals surface area contributed by atoms with Crippen molar-refractivity contribution in [1.82, 2.24) is 4.90 Å². The van der Waals surface area contributed by atoms with E-state index in [0.29, 0.717) is 5.56 Å². The zero-order valence-electron chi connectivity index (χ0n) is 8.77. The van der Waals surface area contributed by atoms with Crippen molar-refractivity contribution in [2.24, 2.45) is 0 Å². The van der Waals surface area contributed by atoms with Crippen molar-refractivity contribution in [3.8, 4) is 0 Å². The monoisotopic (exact) mass is 211 g/mol. The highest BCUT2D eigenvalue weighted by Gasteiger charge is 2.20. The van der Waals surface area contributed by atoms with Crippen molar-refractivity contribution < 1.29 is 14.3 Å². The summed E-state index contributed by atoms with van der Waals surface area (Å²) in [6, 6.07) is 5.50. The van der Waals surface area contributed by atoms with Gasteiger partial charge < -0.3 is 10.0 Å². The zero-order chi connectivity index (χ0) is 11.4. The molecule has 4 heteroatoms. The second kappa shape index (κ2) is 4.89. The summed E-state index contributed by atoms with van der Waals surface area (Å²) in [4.78, 5) is 12.4. The topological polar surface area (TPSA) is 40.5 Å². The molecule has 1 atom stereocenters. The molecule has 0 saturated heterocycles. The number of hydrogen-bond donors (Lipinski definition) is 1. The maximum absolute atomic E-state index is 13.4. The summed E-state index contributed by atoms with van der Waals surface area (Å²) in [6.45, 7) is 1.08. The van der Waals surface area contributed by atoms with Crippen LogP contribution in [-0.4, -0.2) is 29.6 Å². The van der Waals surface area contributed by atoms with Gasteiger partial charge in [-0.15, -0.1) is 0 Å². The van der Waals surface area contributed by atoms with E-state index < -0.39 is 11.9 Å². The molecule has 1 aromatic rings. The molecular weight excluding hydrogens is 197 g/mol. The highest BCUT2D eigenvalue weighted by molar-refractivity contribution is 5.73. The van der Waals surface area contributed by atoms with Crippen LogP contribution in [0.1, 0.15) is 18.5 Å². The molecule has 0 aliphatic heterocycles. The van der Waals surface area contributed by atoms with Crippen molar-refractivity contribution in [2.45, 2.75) is 13.0 Å². The molecular formula is C11H14FNO2. The van der Waals surface area contributed by atoms with Crippen LogP contribution < -0.4 is 0 Å². The first-order valence-electron chi connectivity index (χ1n) is 4.66. The molecule has 0 radical (unpaired) electrons. The molecule has 82 valence electrons. The van der Waals surface area contributed by atoms with Crippen LogP contribution in [0.25, 0.3) is 0 Å². The van der Waals surface area contributed by atoms with Gasteiger partial charge in [-0.05, 0) is 6.07 Å². The first-order chi connectivity index (χ1) is 7.07. The second-order valence-electron chi connectivity index (χ2n) is 3.35. The minimum absolute atomic E-state index is 0.211. The van der Waals surface area contributed by atoms with Crippen molar-refractivity contribution in [3.63, 3.8) is 0 Å². The summed E-state index contributed by atoms with van der Waals surface area (Å²) in [5, 5.41) is 9.16. The van der Waals surface area contributed by atoms with Gasteiger partial charge in [0, 0.05) is 19.5 Å². The Morgan fingerprint density at radius 1 is 1.53 bits per heavy atom. The standard InChI is InChI=1S/C11H14FNO2/c1-8(15)13(2)11(7-14)9-5-3-4-6-10(9)12/h3-6,11,14H,7H2,1-2H3. The van der Waals surface area contributed by atoms with Crippen LogP contribution in [0, 0.1) is 5.82 Å². The van der Waals surface area contributed by atoms with Crippen molar-refractivity contribution in [3.05, 3.63) is 35.6 Å². The Morgan fingerprint density at radius 2 is 2.13 bits per heavy atom. The summed E-state index contributed by atoms with van der Waals surface area (Å²) in [5.74, 6) is -0.623. The van der Waals surface area contributed by atoms with E-state index in [-0.39, 0.29) is 12.5 Å². The Hall–Kier alpha value is -1.42. The summed E-state index contributed by atoms with van der Waals surface area (Å²) in [5.41, 5.74) is 0.331. The zero-order valence-corrected chi connectivity index (χ0v) is 8.77. The van der Waals surface area contributed by atoms with Gasteiger partial charge in [-0.2, -0.15) is 0 Å². The number of aliphatic hydroxyl groups is 1. The van der Waals surface area contributed by atoms with Gasteiger partial charge in [-0.3, -0.25) is 4.79 Å². The van der Waals surface area contributed by atoms with Gasteiger partial charge in [0.05, 0.1) is 12.6 Å². The molecule has 0 aliphatic rings. The Kier molecular flexibility index (Phi) is 3.80. The fraction of sp³-hybridized carbons (Fsp3) is 0.364. The fourth-order valence-corrected chi connectivity index (χ4v) is 1.39. The highest BCUT2D eigenvalue weighted by atomic mass is 19.1. The maximum atomic E-state index is 13.4. The first-order valence-corrected chi connectivity index (χ1v) is 4.66. The molecule has 1 amide bonds. The number of likely N-dealkylation sites (N-methyl/N-ethyl adjacent to an activating group) is 1. The minimum atomic E-state index is -0.622. The van der Waals surface area contributed by atoms with E-state index >= 15 is 0 Å². The number of halogens is 1. The molecule has 0 fully saturated rings. The highest BCUT2D eigenvalue weighted by Crippen LogP contribution is 2.21. The Bertz CT molecular complexity index is 354. The van der Waals surface area contributed by atoms with E-state index in [0.717, 1.165) is 0 Å². The van der Waals surface area contributed by atoms with Crippen LogP contribution in [-0.2, 0) is 4.79 Å². The number of carbonyl (C=O) groups excluding carboxylic acids is 1. The van der Waals surface area contributed by atoms with Crippen molar-refractivity contribution >= 4 is 5.91 Å². The molecule has 1 rings (SSSR count). The summed E-state index contributed by atoms with van der Waals surface area (Å²) >= 11 is 0. The average Bonchev–Trinajstić information content (AvgIpc) is 2.21. The molecule has 0 heterocycles. The van der Waals surface area contributed by atoms with Gasteiger partial charge in [0.1, 0.15) is 5.82 Å². The van der Waals surface area contributed by atoms with E-state index in [1.165, 1.54) is 24.9 Å². The number of amides is 1. The minimum Gasteiger partial charge on any atom is -0.394 e. The average molecular weight is 211 g/mol. The van der Waals surface area contributed by atoms with E-state index in [9.17, 15) is 9.18 Å². The Morgan fingerprint density at radius 3 is 2.60 bits per heavy atom. The predicted molar refractivity (Wildman–Crippen MR) is 54.7 cm³/mol. The predicted octanol–water partition coefficient (Wildman–Crippen LogP) is 1.34. The fourth-order valence-electron chi connectivity index (χ4n) is 1.39. The molecule has 3 nitrogen and oxygen atoms in total. The molecule has 15 heavy (non-hydrogen) atoms. The van der Waals surface area contributed by atoms with Crippen molar-refractivity contribution in [2.75, 3.05) is 13.7 Å². The lowest BCUT2D eigenvalue weighted by molar-refractivity contribution is -0.130. The molecule has 0 spiro atoms. The second-order valence-corrected chi connectivity index (χ2v) is 3.35. The SMILES string of the molecule is CC(=O)N(C)C(CO)c1ccccc1F.